The van der Waals surface area contributed by atoms with E-state index in [1.165, 1.54) is 37.3 Å². The van der Waals surface area contributed by atoms with Crippen molar-refractivity contribution >= 4 is 38.7 Å². The fourth-order valence-corrected chi connectivity index (χ4v) is 4.31. The quantitative estimate of drug-likeness (QED) is 0.391. The maximum Gasteiger partial charge on any atom is 0.287 e. The number of benzene rings is 2. The minimum absolute atomic E-state index is 0.0218. The van der Waals surface area contributed by atoms with Gasteiger partial charge >= 0.3 is 0 Å². The van der Waals surface area contributed by atoms with Gasteiger partial charge in [-0.15, -0.1) is 4.57 Å². The highest BCUT2D eigenvalue weighted by atomic mass is 35.5. The molecule has 0 saturated heterocycles. The largest absolute Gasteiger partial charge is 0.485 e. The molecule has 0 spiro atoms. The van der Waals surface area contributed by atoms with E-state index in [1.807, 2.05) is 0 Å². The molecule has 182 valence electrons. The number of hydrogen-bond donors (Lipinski definition) is 1. The standard InChI is InChI=1S/C23H19ClFN3O6S/c1-3-35(31,32)16-5-7-20(19(11-16)27-23(30)14-4-6-18(25)17(24)9-14)33-12-15-10-22(29)28-21(26-15)8-13(2)34-28/h4-11H,3,12H2,1-2H3,(H,27,30). The molecule has 0 radical (unpaired) electrons. The second kappa shape index (κ2) is 9.51. The van der Waals surface area contributed by atoms with Gasteiger partial charge in [-0.1, -0.05) is 18.5 Å². The van der Waals surface area contributed by atoms with Crippen molar-refractivity contribution in [3.63, 3.8) is 0 Å². The van der Waals surface area contributed by atoms with E-state index in [1.54, 1.807) is 13.0 Å². The summed E-state index contributed by atoms with van der Waals surface area (Å²) in [7, 11) is -3.59. The molecule has 12 heteroatoms. The molecule has 1 amide bonds. The minimum Gasteiger partial charge on any atom is -0.485 e. The van der Waals surface area contributed by atoms with E-state index < -0.39 is 27.1 Å². The Hall–Kier alpha value is -3.70. The van der Waals surface area contributed by atoms with Crippen LogP contribution in [0.3, 0.4) is 0 Å². The molecular weight excluding hydrogens is 501 g/mol. The van der Waals surface area contributed by atoms with Crippen molar-refractivity contribution in [2.45, 2.75) is 25.3 Å². The molecular formula is C23H19ClFN3O6S. The number of nitrogens with zero attached hydrogens (tertiary/aromatic N) is 2. The number of anilines is 1. The number of sulfone groups is 1. The molecule has 4 aromatic rings. The molecule has 0 aliphatic heterocycles. The van der Waals surface area contributed by atoms with Crippen LogP contribution in [0.5, 0.6) is 5.75 Å². The topological polar surface area (TPSA) is 120 Å². The first kappa shape index (κ1) is 24.4. The number of hydrogen-bond acceptors (Lipinski definition) is 7. The van der Waals surface area contributed by atoms with E-state index in [0.717, 1.165) is 16.7 Å². The summed E-state index contributed by atoms with van der Waals surface area (Å²) in [6.45, 7) is 3.02. The first-order valence-corrected chi connectivity index (χ1v) is 12.4. The maximum absolute atomic E-state index is 13.5. The van der Waals surface area contributed by atoms with Crippen molar-refractivity contribution in [2.75, 3.05) is 11.1 Å². The van der Waals surface area contributed by atoms with Crippen molar-refractivity contribution in [1.29, 1.82) is 0 Å². The van der Waals surface area contributed by atoms with Gasteiger partial charge in [0.1, 0.15) is 23.9 Å². The van der Waals surface area contributed by atoms with E-state index in [0.29, 0.717) is 17.1 Å². The molecule has 2 aromatic carbocycles. The fourth-order valence-electron chi connectivity index (χ4n) is 3.22. The number of carbonyl (C=O) groups excluding carboxylic acids is 1. The Balaban J connectivity index is 1.66. The number of amides is 1. The summed E-state index contributed by atoms with van der Waals surface area (Å²) in [4.78, 5) is 29.3. The summed E-state index contributed by atoms with van der Waals surface area (Å²) in [6.07, 6.45) is 0. The SMILES string of the molecule is CCS(=O)(=O)c1ccc(OCc2cc(=O)n3oc(C)cc3n2)c(NC(=O)c2ccc(F)c(Cl)c2)c1. The van der Waals surface area contributed by atoms with Crippen LogP contribution in [-0.4, -0.2) is 29.6 Å². The summed E-state index contributed by atoms with van der Waals surface area (Å²) in [5.74, 6) is -0.851. The Kier molecular flexibility index (Phi) is 6.64. The highest BCUT2D eigenvalue weighted by molar-refractivity contribution is 7.91. The van der Waals surface area contributed by atoms with Crippen molar-refractivity contribution in [3.05, 3.63) is 86.7 Å². The fraction of sp³-hybridized carbons (Fsp3) is 0.174. The lowest BCUT2D eigenvalue weighted by molar-refractivity contribution is 0.102. The summed E-state index contributed by atoms with van der Waals surface area (Å²) in [6, 6.07) is 10.3. The summed E-state index contributed by atoms with van der Waals surface area (Å²) >= 11 is 5.77. The third-order valence-electron chi connectivity index (χ3n) is 5.02. The van der Waals surface area contributed by atoms with Crippen LogP contribution in [0.25, 0.3) is 5.65 Å². The Morgan fingerprint density at radius 1 is 1.20 bits per heavy atom. The molecule has 9 nitrogen and oxygen atoms in total. The minimum atomic E-state index is -3.59. The lowest BCUT2D eigenvalue weighted by Gasteiger charge is -2.14. The number of aromatic nitrogens is 2. The lowest BCUT2D eigenvalue weighted by Crippen LogP contribution is -2.16. The molecule has 0 fully saturated rings. The second-order valence-corrected chi connectivity index (χ2v) is 10.2. The maximum atomic E-state index is 13.5. The number of carbonyl (C=O) groups is 1. The van der Waals surface area contributed by atoms with Gasteiger partial charge in [0.2, 0.25) is 0 Å². The summed E-state index contributed by atoms with van der Waals surface area (Å²) in [5, 5.41) is 2.34. The zero-order chi connectivity index (χ0) is 25.3. The van der Waals surface area contributed by atoms with Gasteiger partial charge in [0, 0.05) is 17.7 Å². The van der Waals surface area contributed by atoms with Gasteiger partial charge in [-0.2, -0.15) is 0 Å². The van der Waals surface area contributed by atoms with Gasteiger partial charge in [-0.3, -0.25) is 9.59 Å². The summed E-state index contributed by atoms with van der Waals surface area (Å²) < 4.78 is 50.3. The Morgan fingerprint density at radius 3 is 2.69 bits per heavy atom. The van der Waals surface area contributed by atoms with Crippen molar-refractivity contribution in [1.82, 2.24) is 9.56 Å². The van der Waals surface area contributed by atoms with E-state index >= 15 is 0 Å². The van der Waals surface area contributed by atoms with E-state index in [4.69, 9.17) is 20.9 Å². The van der Waals surface area contributed by atoms with Gasteiger partial charge in [-0.05, 0) is 43.3 Å². The normalized spacial score (nSPS) is 11.5. The van der Waals surface area contributed by atoms with Gasteiger partial charge in [0.05, 0.1) is 27.1 Å². The molecule has 2 aromatic heterocycles. The third-order valence-corrected chi connectivity index (χ3v) is 7.04. The smallest absolute Gasteiger partial charge is 0.287 e. The van der Waals surface area contributed by atoms with Gasteiger partial charge in [-0.25, -0.2) is 17.8 Å². The zero-order valence-corrected chi connectivity index (χ0v) is 20.1. The van der Waals surface area contributed by atoms with Crippen molar-refractivity contribution in [2.24, 2.45) is 0 Å². The average molecular weight is 520 g/mol. The van der Waals surface area contributed by atoms with E-state index in [9.17, 15) is 22.4 Å². The molecule has 0 unspecified atom stereocenters. The number of rotatable bonds is 7. The van der Waals surface area contributed by atoms with Crippen LogP contribution in [0, 0.1) is 12.7 Å². The van der Waals surface area contributed by atoms with Crippen molar-refractivity contribution < 1.29 is 26.9 Å². The molecule has 0 bridgehead atoms. The molecule has 1 N–H and O–H groups in total. The first-order valence-electron chi connectivity index (χ1n) is 10.3. The number of aryl methyl sites for hydroxylation is 1. The Morgan fingerprint density at radius 2 is 1.97 bits per heavy atom. The molecule has 35 heavy (non-hydrogen) atoms. The monoisotopic (exact) mass is 519 g/mol. The number of halogens is 2. The van der Waals surface area contributed by atoms with Crippen LogP contribution < -0.4 is 15.6 Å². The van der Waals surface area contributed by atoms with Crippen molar-refractivity contribution in [3.8, 4) is 5.75 Å². The Labute approximate surface area is 204 Å². The van der Waals surface area contributed by atoms with E-state index in [-0.39, 0.29) is 39.3 Å². The first-order chi connectivity index (χ1) is 16.6. The van der Waals surface area contributed by atoms with Crippen LogP contribution in [0.15, 0.2) is 62.7 Å². The predicted molar refractivity (Wildman–Crippen MR) is 126 cm³/mol. The zero-order valence-electron chi connectivity index (χ0n) is 18.5. The molecule has 0 aliphatic rings. The number of ether oxygens (including phenoxy) is 1. The highest BCUT2D eigenvalue weighted by Crippen LogP contribution is 2.30. The molecule has 4 rings (SSSR count). The van der Waals surface area contributed by atoms with Gasteiger partial charge < -0.3 is 14.6 Å². The number of fused-ring (bicyclic) bond motifs is 1. The molecule has 0 aliphatic carbocycles. The van der Waals surface area contributed by atoms with Crippen LogP contribution in [0.2, 0.25) is 5.02 Å². The predicted octanol–water partition coefficient (Wildman–Crippen LogP) is 4.01. The summed E-state index contributed by atoms with van der Waals surface area (Å²) in [5.41, 5.74) is 0.277. The molecule has 2 heterocycles. The van der Waals surface area contributed by atoms with E-state index in [2.05, 4.69) is 10.3 Å². The van der Waals surface area contributed by atoms with Crippen LogP contribution >= 0.6 is 11.6 Å². The highest BCUT2D eigenvalue weighted by Gasteiger charge is 2.18. The Bertz CT molecular complexity index is 1610. The van der Waals surface area contributed by atoms with Gasteiger partial charge in [0.25, 0.3) is 11.5 Å². The van der Waals surface area contributed by atoms with Gasteiger partial charge in [0.15, 0.2) is 15.5 Å². The molecule has 0 saturated carbocycles. The molecule has 0 atom stereocenters. The second-order valence-electron chi connectivity index (χ2n) is 7.52. The van der Waals surface area contributed by atoms with Crippen LogP contribution in [0.1, 0.15) is 28.7 Å². The van der Waals surface area contributed by atoms with Crippen LogP contribution in [0.4, 0.5) is 10.1 Å². The van der Waals surface area contributed by atoms with Crippen LogP contribution in [-0.2, 0) is 16.4 Å². The third kappa shape index (κ3) is 5.20. The average Bonchev–Trinajstić information content (AvgIpc) is 3.20. The number of nitrogens with one attached hydrogen (secondary N) is 1. The lowest BCUT2D eigenvalue weighted by atomic mass is 10.2.